The van der Waals surface area contributed by atoms with E-state index in [1.165, 1.54) is 12.6 Å². The van der Waals surface area contributed by atoms with Crippen LogP contribution in [-0.2, 0) is 0 Å². The Morgan fingerprint density at radius 2 is 2.12 bits per heavy atom. The van der Waals surface area contributed by atoms with Crippen LogP contribution in [-0.4, -0.2) is 32.4 Å². The Hall–Kier alpha value is -0.940. The van der Waals surface area contributed by atoms with Crippen LogP contribution in [0.2, 0.25) is 5.28 Å². The highest BCUT2D eigenvalue weighted by Crippen LogP contribution is 2.30. The second kappa shape index (κ2) is 4.93. The molecule has 0 unspecified atom stereocenters. The first-order valence-electron chi connectivity index (χ1n) is 5.48. The molecule has 0 radical (unpaired) electrons. The van der Waals surface area contributed by atoms with Crippen LogP contribution in [0.5, 0.6) is 0 Å². The molecule has 88 valence electrons. The zero-order valence-electron chi connectivity index (χ0n) is 8.99. The number of aliphatic hydroxyl groups is 1. The second-order valence-corrected chi connectivity index (χ2v) is 4.57. The van der Waals surface area contributed by atoms with Gasteiger partial charge in [-0.1, -0.05) is 19.3 Å². The molecule has 1 heterocycles. The number of nitrogens with zero attached hydrogens (tertiary/aromatic N) is 3. The van der Waals surface area contributed by atoms with Gasteiger partial charge in [-0.25, -0.2) is 0 Å². The van der Waals surface area contributed by atoms with Gasteiger partial charge < -0.3 is 10.4 Å². The molecule has 1 fully saturated rings. The number of halogens is 1. The first-order valence-corrected chi connectivity index (χ1v) is 5.86. The zero-order valence-corrected chi connectivity index (χ0v) is 9.74. The van der Waals surface area contributed by atoms with Crippen LogP contribution >= 0.6 is 11.6 Å². The molecule has 0 amide bonds. The lowest BCUT2D eigenvalue weighted by atomic mass is 9.82. The van der Waals surface area contributed by atoms with Crippen molar-refractivity contribution in [1.29, 1.82) is 0 Å². The summed E-state index contributed by atoms with van der Waals surface area (Å²) in [6, 6.07) is 0. The largest absolute Gasteiger partial charge is 0.394 e. The van der Waals surface area contributed by atoms with Gasteiger partial charge in [0, 0.05) is 0 Å². The van der Waals surface area contributed by atoms with E-state index in [0.29, 0.717) is 5.82 Å². The standard InChI is InChI=1S/C10H15ClN4O/c11-9-13-8(6-12-15-9)14-10(7-16)4-2-1-3-5-10/h6,16H,1-5,7H2,(H,13,14,15). The molecular formula is C10H15ClN4O. The second-order valence-electron chi connectivity index (χ2n) is 4.23. The Kier molecular flexibility index (Phi) is 3.56. The van der Waals surface area contributed by atoms with Crippen LogP contribution in [0, 0.1) is 0 Å². The molecule has 2 N–H and O–H groups in total. The quantitative estimate of drug-likeness (QED) is 0.843. The van der Waals surface area contributed by atoms with Crippen LogP contribution in [0.1, 0.15) is 32.1 Å². The van der Waals surface area contributed by atoms with E-state index in [1.54, 1.807) is 0 Å². The average molecular weight is 243 g/mol. The predicted molar refractivity (Wildman–Crippen MR) is 61.4 cm³/mol. The van der Waals surface area contributed by atoms with Gasteiger partial charge in [0.05, 0.1) is 18.3 Å². The van der Waals surface area contributed by atoms with E-state index < -0.39 is 0 Å². The lowest BCUT2D eigenvalue weighted by Crippen LogP contribution is -2.44. The van der Waals surface area contributed by atoms with E-state index >= 15 is 0 Å². The third-order valence-electron chi connectivity index (χ3n) is 3.04. The van der Waals surface area contributed by atoms with E-state index in [1.807, 2.05) is 0 Å². The third kappa shape index (κ3) is 2.59. The summed E-state index contributed by atoms with van der Waals surface area (Å²) in [5.74, 6) is 0.580. The molecule has 1 aliphatic carbocycles. The summed E-state index contributed by atoms with van der Waals surface area (Å²) < 4.78 is 0. The molecule has 1 aromatic rings. The molecular weight excluding hydrogens is 228 g/mol. The van der Waals surface area contributed by atoms with Gasteiger partial charge in [-0.05, 0) is 24.4 Å². The molecule has 0 aliphatic heterocycles. The normalized spacial score (nSPS) is 19.4. The van der Waals surface area contributed by atoms with Crippen molar-refractivity contribution >= 4 is 17.4 Å². The van der Waals surface area contributed by atoms with Gasteiger partial charge in [0.1, 0.15) is 5.82 Å². The van der Waals surface area contributed by atoms with Gasteiger partial charge >= 0.3 is 0 Å². The number of aliphatic hydroxyl groups excluding tert-OH is 1. The Morgan fingerprint density at radius 1 is 1.38 bits per heavy atom. The predicted octanol–water partition coefficient (Wildman–Crippen LogP) is 1.63. The molecule has 0 spiro atoms. The molecule has 0 saturated heterocycles. The summed E-state index contributed by atoms with van der Waals surface area (Å²) >= 11 is 5.66. The molecule has 16 heavy (non-hydrogen) atoms. The van der Waals surface area contributed by atoms with Gasteiger partial charge in [-0.3, -0.25) is 0 Å². The summed E-state index contributed by atoms with van der Waals surface area (Å²) in [5.41, 5.74) is -0.266. The molecule has 1 aliphatic rings. The highest BCUT2D eigenvalue weighted by molar-refractivity contribution is 6.28. The molecule has 0 bridgehead atoms. The first-order chi connectivity index (χ1) is 7.74. The highest BCUT2D eigenvalue weighted by atomic mass is 35.5. The van der Waals surface area contributed by atoms with Crippen molar-refractivity contribution in [3.8, 4) is 0 Å². The summed E-state index contributed by atoms with van der Waals surface area (Å²) in [6.07, 6.45) is 6.90. The molecule has 1 saturated carbocycles. The molecule has 5 nitrogen and oxygen atoms in total. The fraction of sp³-hybridized carbons (Fsp3) is 0.700. The summed E-state index contributed by atoms with van der Waals surface area (Å²) in [7, 11) is 0. The first kappa shape index (κ1) is 11.5. The average Bonchev–Trinajstić information content (AvgIpc) is 2.30. The summed E-state index contributed by atoms with van der Waals surface area (Å²) in [5, 5.41) is 20.2. The molecule has 0 aromatic carbocycles. The number of rotatable bonds is 3. The van der Waals surface area contributed by atoms with Gasteiger partial charge in [-0.15, -0.1) is 5.10 Å². The lowest BCUT2D eigenvalue weighted by molar-refractivity contribution is 0.172. The number of hydrogen-bond donors (Lipinski definition) is 2. The van der Waals surface area contributed by atoms with Crippen LogP contribution in [0.4, 0.5) is 5.82 Å². The van der Waals surface area contributed by atoms with Crippen molar-refractivity contribution in [2.75, 3.05) is 11.9 Å². The smallest absolute Gasteiger partial charge is 0.244 e. The minimum atomic E-state index is -0.266. The third-order valence-corrected chi connectivity index (χ3v) is 3.20. The van der Waals surface area contributed by atoms with Crippen molar-refractivity contribution in [2.45, 2.75) is 37.6 Å². The van der Waals surface area contributed by atoms with E-state index in [-0.39, 0.29) is 17.4 Å². The SMILES string of the molecule is OCC1(Nc2cnnc(Cl)n2)CCCCC1. The minimum absolute atomic E-state index is 0.106. The van der Waals surface area contributed by atoms with Crippen LogP contribution in [0.15, 0.2) is 6.20 Å². The molecule has 6 heteroatoms. The van der Waals surface area contributed by atoms with E-state index in [4.69, 9.17) is 11.6 Å². The maximum atomic E-state index is 9.51. The lowest BCUT2D eigenvalue weighted by Gasteiger charge is -2.36. The summed E-state index contributed by atoms with van der Waals surface area (Å²) in [4.78, 5) is 4.03. The highest BCUT2D eigenvalue weighted by Gasteiger charge is 2.31. The van der Waals surface area contributed by atoms with Gasteiger partial charge in [0.2, 0.25) is 5.28 Å². The van der Waals surface area contributed by atoms with Crippen molar-refractivity contribution < 1.29 is 5.11 Å². The Morgan fingerprint density at radius 3 is 2.75 bits per heavy atom. The van der Waals surface area contributed by atoms with E-state index in [0.717, 1.165) is 25.7 Å². The van der Waals surface area contributed by atoms with Crippen molar-refractivity contribution in [3.63, 3.8) is 0 Å². The maximum absolute atomic E-state index is 9.51. The van der Waals surface area contributed by atoms with Gasteiger partial charge in [0.15, 0.2) is 0 Å². The molecule has 2 rings (SSSR count). The summed E-state index contributed by atoms with van der Waals surface area (Å²) in [6.45, 7) is 0.106. The van der Waals surface area contributed by atoms with Crippen LogP contribution < -0.4 is 5.32 Å². The van der Waals surface area contributed by atoms with Gasteiger partial charge in [0.25, 0.3) is 0 Å². The Labute approximate surface area is 99.3 Å². The van der Waals surface area contributed by atoms with Crippen molar-refractivity contribution in [2.24, 2.45) is 0 Å². The van der Waals surface area contributed by atoms with Crippen molar-refractivity contribution in [1.82, 2.24) is 15.2 Å². The van der Waals surface area contributed by atoms with Crippen LogP contribution in [0.3, 0.4) is 0 Å². The fourth-order valence-corrected chi connectivity index (χ4v) is 2.30. The Balaban J connectivity index is 2.11. The number of aromatic nitrogens is 3. The van der Waals surface area contributed by atoms with E-state index in [2.05, 4.69) is 20.5 Å². The number of hydrogen-bond acceptors (Lipinski definition) is 5. The molecule has 0 atom stereocenters. The van der Waals surface area contributed by atoms with Crippen LogP contribution in [0.25, 0.3) is 0 Å². The number of nitrogens with one attached hydrogen (secondary N) is 1. The monoisotopic (exact) mass is 242 g/mol. The van der Waals surface area contributed by atoms with Gasteiger partial charge in [-0.2, -0.15) is 10.1 Å². The zero-order chi connectivity index (χ0) is 11.4. The fourth-order valence-electron chi connectivity index (χ4n) is 2.16. The van der Waals surface area contributed by atoms with E-state index in [9.17, 15) is 5.11 Å². The minimum Gasteiger partial charge on any atom is -0.394 e. The molecule has 1 aromatic heterocycles. The Bertz CT molecular complexity index is 354. The number of anilines is 1. The topological polar surface area (TPSA) is 70.9 Å². The van der Waals surface area contributed by atoms with Crippen molar-refractivity contribution in [3.05, 3.63) is 11.5 Å². The maximum Gasteiger partial charge on any atom is 0.244 e.